The van der Waals surface area contributed by atoms with Gasteiger partial charge in [-0.3, -0.25) is 9.10 Å². The van der Waals surface area contributed by atoms with Crippen LogP contribution in [0.15, 0.2) is 65.8 Å². The molecule has 0 fully saturated rings. The molecule has 10 nitrogen and oxygen atoms in total. The summed E-state index contributed by atoms with van der Waals surface area (Å²) in [5, 5.41) is 2.68. The summed E-state index contributed by atoms with van der Waals surface area (Å²) in [6.07, 6.45) is 4.09. The molecule has 0 saturated heterocycles. The van der Waals surface area contributed by atoms with Gasteiger partial charge in [-0.05, 0) is 73.9 Å². The van der Waals surface area contributed by atoms with Gasteiger partial charge in [-0.1, -0.05) is 13.0 Å². The number of aromatic nitrogens is 2. The van der Waals surface area contributed by atoms with E-state index in [2.05, 4.69) is 20.0 Å². The average Bonchev–Trinajstić information content (AvgIpc) is 2.79. The van der Waals surface area contributed by atoms with Crippen LogP contribution in [0, 0.1) is 13.8 Å². The van der Waals surface area contributed by atoms with Crippen molar-refractivity contribution in [1.82, 2.24) is 9.97 Å². The van der Waals surface area contributed by atoms with Crippen LogP contribution in [0.3, 0.4) is 0 Å². The van der Waals surface area contributed by atoms with Gasteiger partial charge < -0.3 is 5.32 Å². The molecule has 1 heterocycles. The van der Waals surface area contributed by atoms with Crippen molar-refractivity contribution in [2.24, 2.45) is 0 Å². The Kier molecular flexibility index (Phi) is 7.76. The van der Waals surface area contributed by atoms with Crippen LogP contribution >= 0.6 is 0 Å². The number of rotatable bonds is 9. The molecule has 0 aliphatic heterocycles. The Bertz CT molecular complexity index is 1410. The van der Waals surface area contributed by atoms with E-state index in [1.54, 1.807) is 31.2 Å². The summed E-state index contributed by atoms with van der Waals surface area (Å²) in [7, 11) is -7.71. The number of carbonyl (C=O) groups excluding carboxylic acids is 1. The van der Waals surface area contributed by atoms with E-state index in [0.717, 1.165) is 21.7 Å². The third-order valence-corrected chi connectivity index (χ3v) is 7.82. The lowest BCUT2D eigenvalue weighted by Gasteiger charge is -2.30. The van der Waals surface area contributed by atoms with Crippen molar-refractivity contribution in [2.75, 3.05) is 20.6 Å². The molecule has 186 valence electrons. The number of aryl methyl sites for hydroxylation is 2. The monoisotopic (exact) mass is 517 g/mol. The van der Waals surface area contributed by atoms with Crippen LogP contribution in [-0.2, 0) is 24.8 Å². The van der Waals surface area contributed by atoms with Crippen molar-refractivity contribution >= 4 is 43.3 Å². The molecular weight excluding hydrogens is 490 g/mol. The Morgan fingerprint density at radius 3 is 2.14 bits per heavy atom. The highest BCUT2D eigenvalue weighted by molar-refractivity contribution is 7.92. The van der Waals surface area contributed by atoms with E-state index in [1.165, 1.54) is 36.7 Å². The second-order valence-corrected chi connectivity index (χ2v) is 11.5. The maximum atomic E-state index is 13.1. The van der Waals surface area contributed by atoms with Crippen LogP contribution in [0.25, 0.3) is 0 Å². The summed E-state index contributed by atoms with van der Waals surface area (Å²) in [6, 6.07) is 11.2. The Balaban J connectivity index is 1.82. The molecule has 3 rings (SSSR count). The van der Waals surface area contributed by atoms with E-state index < -0.39 is 32.0 Å². The summed E-state index contributed by atoms with van der Waals surface area (Å²) < 4.78 is 53.8. The maximum Gasteiger partial charge on any atom is 0.264 e. The minimum Gasteiger partial charge on any atom is -0.324 e. The van der Waals surface area contributed by atoms with Gasteiger partial charge in [0.2, 0.25) is 21.9 Å². The molecule has 0 spiro atoms. The van der Waals surface area contributed by atoms with Gasteiger partial charge in [-0.2, -0.15) is 0 Å². The number of benzene rings is 2. The number of hydrogen-bond acceptors (Lipinski definition) is 7. The Morgan fingerprint density at radius 2 is 1.60 bits per heavy atom. The molecule has 1 aromatic heterocycles. The third kappa shape index (κ3) is 6.34. The predicted octanol–water partition coefficient (Wildman–Crippen LogP) is 3.08. The first-order valence-corrected chi connectivity index (χ1v) is 14.0. The molecule has 0 radical (unpaired) electrons. The quantitative estimate of drug-likeness (QED) is 0.445. The highest BCUT2D eigenvalue weighted by atomic mass is 32.2. The van der Waals surface area contributed by atoms with Gasteiger partial charge >= 0.3 is 0 Å². The molecule has 1 amide bonds. The van der Waals surface area contributed by atoms with Gasteiger partial charge in [0.15, 0.2) is 0 Å². The van der Waals surface area contributed by atoms with Crippen molar-refractivity contribution < 1.29 is 21.6 Å². The van der Waals surface area contributed by atoms with Gasteiger partial charge in [0.25, 0.3) is 10.0 Å². The molecule has 0 aliphatic rings. The van der Waals surface area contributed by atoms with Crippen molar-refractivity contribution in [2.45, 2.75) is 38.1 Å². The van der Waals surface area contributed by atoms with Crippen LogP contribution in [0.1, 0.15) is 24.5 Å². The molecule has 0 bridgehead atoms. The number of anilines is 3. The largest absolute Gasteiger partial charge is 0.324 e. The predicted molar refractivity (Wildman–Crippen MR) is 135 cm³/mol. The number of amides is 1. The molecule has 35 heavy (non-hydrogen) atoms. The molecule has 2 N–H and O–H groups in total. The molecule has 12 heteroatoms. The average molecular weight is 518 g/mol. The van der Waals surface area contributed by atoms with Crippen molar-refractivity contribution in [3.63, 3.8) is 0 Å². The van der Waals surface area contributed by atoms with Gasteiger partial charge in [0.05, 0.1) is 16.8 Å². The van der Waals surface area contributed by atoms with E-state index in [0.29, 0.717) is 11.4 Å². The number of nitrogens with zero attached hydrogens (tertiary/aromatic N) is 3. The number of sulfonamides is 2. The normalized spacial score (nSPS) is 12.6. The fraction of sp³-hybridized carbons (Fsp3) is 0.261. The molecule has 0 aliphatic carbocycles. The van der Waals surface area contributed by atoms with Crippen LogP contribution in [0.5, 0.6) is 0 Å². The Labute approximate surface area is 205 Å². The number of carbonyl (C=O) groups is 1. The first-order chi connectivity index (χ1) is 16.4. The topological polar surface area (TPSA) is 138 Å². The first kappa shape index (κ1) is 26.1. The molecule has 2 aromatic carbocycles. The lowest BCUT2D eigenvalue weighted by molar-refractivity contribution is -0.117. The standard InChI is InChI=1S/C23H27N5O5S2/c1-5-21(28(34(4,30)31)19-10-7-16(2)17(3)15-19)22(29)26-18-8-11-20(12-9-18)35(32,33)27-23-24-13-6-14-25-23/h6-15,21H,5H2,1-4H3,(H,26,29)(H,24,25,27). The van der Waals surface area contributed by atoms with Gasteiger partial charge in [-0.25, -0.2) is 31.5 Å². The van der Waals surface area contributed by atoms with Crippen LogP contribution in [0.2, 0.25) is 0 Å². The van der Waals surface area contributed by atoms with Crippen molar-refractivity contribution in [1.29, 1.82) is 0 Å². The number of nitrogens with one attached hydrogen (secondary N) is 2. The highest BCUT2D eigenvalue weighted by Gasteiger charge is 2.31. The van der Waals surface area contributed by atoms with Crippen molar-refractivity contribution in [3.05, 3.63) is 72.1 Å². The van der Waals surface area contributed by atoms with E-state index in [9.17, 15) is 21.6 Å². The minimum absolute atomic E-state index is 0.0529. The summed E-state index contributed by atoms with van der Waals surface area (Å²) in [5.74, 6) is -0.606. The van der Waals surface area contributed by atoms with E-state index >= 15 is 0 Å². The summed E-state index contributed by atoms with van der Waals surface area (Å²) in [4.78, 5) is 20.7. The van der Waals surface area contributed by atoms with Crippen LogP contribution in [0.4, 0.5) is 17.3 Å². The van der Waals surface area contributed by atoms with Crippen LogP contribution < -0.4 is 14.3 Å². The number of hydrogen-bond donors (Lipinski definition) is 2. The Morgan fingerprint density at radius 1 is 0.971 bits per heavy atom. The zero-order chi connectivity index (χ0) is 25.8. The van der Waals surface area contributed by atoms with E-state index in [1.807, 2.05) is 13.8 Å². The Hall–Kier alpha value is -3.51. The van der Waals surface area contributed by atoms with E-state index in [4.69, 9.17) is 0 Å². The minimum atomic E-state index is -3.93. The highest BCUT2D eigenvalue weighted by Crippen LogP contribution is 2.26. The van der Waals surface area contributed by atoms with Gasteiger partial charge in [-0.15, -0.1) is 0 Å². The van der Waals surface area contributed by atoms with Crippen molar-refractivity contribution in [3.8, 4) is 0 Å². The summed E-state index contributed by atoms with van der Waals surface area (Å²) >= 11 is 0. The second-order valence-electron chi connectivity index (χ2n) is 7.94. The third-order valence-electron chi connectivity index (χ3n) is 5.30. The first-order valence-electron chi connectivity index (χ1n) is 10.7. The maximum absolute atomic E-state index is 13.1. The lowest BCUT2D eigenvalue weighted by atomic mass is 10.1. The van der Waals surface area contributed by atoms with E-state index in [-0.39, 0.29) is 17.3 Å². The molecular formula is C23H27N5O5S2. The van der Waals surface area contributed by atoms with Crippen LogP contribution in [-0.4, -0.2) is 45.0 Å². The summed E-state index contributed by atoms with van der Waals surface area (Å²) in [6.45, 7) is 5.51. The zero-order valence-electron chi connectivity index (χ0n) is 19.8. The van der Waals surface area contributed by atoms with Gasteiger partial charge in [0.1, 0.15) is 6.04 Å². The smallest absolute Gasteiger partial charge is 0.264 e. The summed E-state index contributed by atoms with van der Waals surface area (Å²) in [5.41, 5.74) is 2.62. The molecule has 3 aromatic rings. The zero-order valence-corrected chi connectivity index (χ0v) is 21.4. The second kappa shape index (κ2) is 10.4. The molecule has 1 atom stereocenters. The molecule has 1 unspecified atom stereocenters. The lowest BCUT2D eigenvalue weighted by Crippen LogP contribution is -2.47. The SMILES string of the molecule is CCC(C(=O)Nc1ccc(S(=O)(=O)Nc2ncccn2)cc1)N(c1ccc(C)c(C)c1)S(C)(=O)=O. The van der Waals surface area contributed by atoms with Gasteiger partial charge in [0, 0.05) is 18.1 Å². The fourth-order valence-electron chi connectivity index (χ4n) is 3.40. The fourth-order valence-corrected chi connectivity index (χ4v) is 5.56. The molecule has 0 saturated carbocycles.